The first-order valence-corrected chi connectivity index (χ1v) is 4.96. The summed E-state index contributed by atoms with van der Waals surface area (Å²) >= 11 is 0. The van der Waals surface area contributed by atoms with Crippen molar-refractivity contribution in [3.63, 3.8) is 0 Å². The molecule has 1 aromatic heterocycles. The first-order chi connectivity index (χ1) is 6.24. The van der Waals surface area contributed by atoms with Crippen LogP contribution in [0.25, 0.3) is 0 Å². The molecule has 0 fully saturated rings. The van der Waals surface area contributed by atoms with E-state index in [0.717, 1.165) is 24.9 Å². The van der Waals surface area contributed by atoms with Gasteiger partial charge in [-0.2, -0.15) is 0 Å². The number of nitrogens with zero attached hydrogens (tertiary/aromatic N) is 1. The van der Waals surface area contributed by atoms with E-state index in [9.17, 15) is 4.79 Å². The molecule has 0 saturated carbocycles. The molecule has 1 aromatic rings. The van der Waals surface area contributed by atoms with Crippen LogP contribution < -0.4 is 0 Å². The highest BCUT2D eigenvalue weighted by molar-refractivity contribution is 5.95. The lowest BCUT2D eigenvalue weighted by atomic mass is 10.1. The molecular weight excluding hydrogens is 162 g/mol. The number of hydrogen-bond donors (Lipinski definition) is 0. The average molecular weight is 177 g/mol. The number of aryl methyl sites for hydroxylation is 1. The van der Waals surface area contributed by atoms with Crippen molar-refractivity contribution in [3.05, 3.63) is 23.0 Å². The number of carbonyl (C=O) groups excluding carboxylic acids is 1. The summed E-state index contributed by atoms with van der Waals surface area (Å²) in [7, 11) is 0. The minimum absolute atomic E-state index is 0.213. The highest BCUT2D eigenvalue weighted by Crippen LogP contribution is 2.24. The Labute approximate surface area is 78.6 Å². The van der Waals surface area contributed by atoms with E-state index in [1.807, 2.05) is 0 Å². The molecule has 70 valence electrons. The van der Waals surface area contributed by atoms with E-state index in [-0.39, 0.29) is 5.78 Å². The van der Waals surface area contributed by atoms with Gasteiger partial charge in [0.15, 0.2) is 5.78 Å². The second-order valence-corrected chi connectivity index (χ2v) is 3.66. The predicted molar refractivity (Wildman–Crippen MR) is 52.1 cm³/mol. The summed E-state index contributed by atoms with van der Waals surface area (Å²) in [4.78, 5) is 11.3. The van der Waals surface area contributed by atoms with Crippen molar-refractivity contribution >= 4 is 5.78 Å². The molecule has 1 aliphatic rings. The standard InChI is InChI=1S/C11H15NO/c1-3-9-7-10(8(2)13)11-5-4-6-12(9)11/h7H,3-6H2,1-2H3. The van der Waals surface area contributed by atoms with E-state index >= 15 is 0 Å². The van der Waals surface area contributed by atoms with Crippen LogP contribution in [0.3, 0.4) is 0 Å². The maximum absolute atomic E-state index is 11.3. The molecule has 0 aromatic carbocycles. The van der Waals surface area contributed by atoms with Gasteiger partial charge in [-0.25, -0.2) is 0 Å². The first kappa shape index (κ1) is 8.54. The minimum atomic E-state index is 0.213. The van der Waals surface area contributed by atoms with Crippen LogP contribution in [0.2, 0.25) is 0 Å². The van der Waals surface area contributed by atoms with Crippen LogP contribution in [-0.4, -0.2) is 10.4 Å². The van der Waals surface area contributed by atoms with Gasteiger partial charge in [0.25, 0.3) is 0 Å². The number of carbonyl (C=O) groups is 1. The fourth-order valence-corrected chi connectivity index (χ4v) is 2.20. The molecule has 0 amide bonds. The number of ketones is 1. The SMILES string of the molecule is CCc1cc(C(C)=O)c2n1CCC2. The summed E-state index contributed by atoms with van der Waals surface area (Å²) in [5, 5.41) is 0. The van der Waals surface area contributed by atoms with Crippen molar-refractivity contribution in [1.29, 1.82) is 0 Å². The Morgan fingerprint density at radius 1 is 1.62 bits per heavy atom. The summed E-state index contributed by atoms with van der Waals surface area (Å²) in [6, 6.07) is 2.07. The third-order valence-electron chi connectivity index (χ3n) is 2.83. The minimum Gasteiger partial charge on any atom is -0.348 e. The molecule has 0 radical (unpaired) electrons. The van der Waals surface area contributed by atoms with Gasteiger partial charge in [-0.05, 0) is 32.3 Å². The Morgan fingerprint density at radius 3 is 3.00 bits per heavy atom. The normalized spacial score (nSPS) is 14.6. The van der Waals surface area contributed by atoms with Crippen LogP contribution in [0.5, 0.6) is 0 Å². The van der Waals surface area contributed by atoms with Crippen molar-refractivity contribution < 1.29 is 4.79 Å². The summed E-state index contributed by atoms with van der Waals surface area (Å²) in [5.41, 5.74) is 3.54. The summed E-state index contributed by atoms with van der Waals surface area (Å²) < 4.78 is 2.32. The van der Waals surface area contributed by atoms with Crippen LogP contribution >= 0.6 is 0 Å². The zero-order chi connectivity index (χ0) is 9.42. The van der Waals surface area contributed by atoms with Gasteiger partial charge < -0.3 is 4.57 Å². The maximum Gasteiger partial charge on any atom is 0.161 e. The fraction of sp³-hybridized carbons (Fsp3) is 0.545. The van der Waals surface area contributed by atoms with E-state index in [1.54, 1.807) is 6.92 Å². The topological polar surface area (TPSA) is 22.0 Å². The second kappa shape index (κ2) is 3.02. The largest absolute Gasteiger partial charge is 0.348 e. The van der Waals surface area contributed by atoms with E-state index in [4.69, 9.17) is 0 Å². The van der Waals surface area contributed by atoms with Crippen molar-refractivity contribution in [2.45, 2.75) is 39.7 Å². The first-order valence-electron chi connectivity index (χ1n) is 4.96. The number of fused-ring (bicyclic) bond motifs is 1. The molecular formula is C11H15NO. The van der Waals surface area contributed by atoms with Gasteiger partial charge in [0.05, 0.1) is 0 Å². The molecule has 0 aliphatic carbocycles. The Morgan fingerprint density at radius 2 is 2.38 bits per heavy atom. The predicted octanol–water partition coefficient (Wildman–Crippen LogP) is 2.20. The third kappa shape index (κ3) is 1.21. The van der Waals surface area contributed by atoms with E-state index in [1.165, 1.54) is 17.8 Å². The van der Waals surface area contributed by atoms with Crippen molar-refractivity contribution in [2.75, 3.05) is 0 Å². The van der Waals surface area contributed by atoms with Crippen LogP contribution in [0.4, 0.5) is 0 Å². The second-order valence-electron chi connectivity index (χ2n) is 3.66. The van der Waals surface area contributed by atoms with Crippen molar-refractivity contribution in [3.8, 4) is 0 Å². The lowest BCUT2D eigenvalue weighted by molar-refractivity contribution is 0.101. The zero-order valence-electron chi connectivity index (χ0n) is 8.26. The smallest absolute Gasteiger partial charge is 0.161 e. The molecule has 1 aliphatic heterocycles. The molecule has 13 heavy (non-hydrogen) atoms. The fourth-order valence-electron chi connectivity index (χ4n) is 2.20. The molecule has 0 bridgehead atoms. The van der Waals surface area contributed by atoms with Gasteiger partial charge in [-0.1, -0.05) is 6.92 Å². The lowest BCUT2D eigenvalue weighted by Crippen LogP contribution is -1.98. The average Bonchev–Trinajstić information content (AvgIpc) is 2.61. The van der Waals surface area contributed by atoms with E-state index < -0.39 is 0 Å². The van der Waals surface area contributed by atoms with Crippen molar-refractivity contribution in [1.82, 2.24) is 4.57 Å². The Bertz CT molecular complexity index is 349. The molecule has 0 atom stereocenters. The summed E-state index contributed by atoms with van der Waals surface area (Å²) in [6.07, 6.45) is 3.30. The lowest BCUT2D eigenvalue weighted by Gasteiger charge is -2.01. The Kier molecular flexibility index (Phi) is 1.98. The van der Waals surface area contributed by atoms with Crippen LogP contribution in [0.15, 0.2) is 6.07 Å². The van der Waals surface area contributed by atoms with Gasteiger partial charge in [-0.3, -0.25) is 4.79 Å². The third-order valence-corrected chi connectivity index (χ3v) is 2.83. The summed E-state index contributed by atoms with van der Waals surface area (Å²) in [6.45, 7) is 4.91. The number of aromatic nitrogens is 1. The number of rotatable bonds is 2. The van der Waals surface area contributed by atoms with Crippen LogP contribution in [0.1, 0.15) is 42.0 Å². The highest BCUT2D eigenvalue weighted by Gasteiger charge is 2.20. The van der Waals surface area contributed by atoms with Gasteiger partial charge in [0.1, 0.15) is 0 Å². The Balaban J connectivity index is 2.54. The molecule has 2 heterocycles. The molecule has 0 saturated heterocycles. The zero-order valence-corrected chi connectivity index (χ0v) is 8.26. The van der Waals surface area contributed by atoms with E-state index in [2.05, 4.69) is 17.6 Å². The van der Waals surface area contributed by atoms with Crippen molar-refractivity contribution in [2.24, 2.45) is 0 Å². The van der Waals surface area contributed by atoms with Crippen LogP contribution in [-0.2, 0) is 19.4 Å². The molecule has 2 nitrogen and oxygen atoms in total. The molecule has 0 N–H and O–H groups in total. The quantitative estimate of drug-likeness (QED) is 0.635. The van der Waals surface area contributed by atoms with E-state index in [0.29, 0.717) is 0 Å². The van der Waals surface area contributed by atoms with Gasteiger partial charge in [0.2, 0.25) is 0 Å². The molecule has 0 spiro atoms. The number of Topliss-reactive ketones (excluding diaryl/α,β-unsaturated/α-hetero) is 1. The van der Waals surface area contributed by atoms with Gasteiger partial charge in [-0.15, -0.1) is 0 Å². The van der Waals surface area contributed by atoms with Crippen LogP contribution in [0, 0.1) is 0 Å². The van der Waals surface area contributed by atoms with Gasteiger partial charge >= 0.3 is 0 Å². The number of hydrogen-bond acceptors (Lipinski definition) is 1. The maximum atomic E-state index is 11.3. The molecule has 2 heteroatoms. The monoisotopic (exact) mass is 177 g/mol. The molecule has 0 unspecified atom stereocenters. The summed E-state index contributed by atoms with van der Waals surface area (Å²) in [5.74, 6) is 0.213. The molecule has 2 rings (SSSR count). The highest BCUT2D eigenvalue weighted by atomic mass is 16.1. The Hall–Kier alpha value is -1.05. The van der Waals surface area contributed by atoms with Gasteiger partial charge in [0, 0.05) is 23.5 Å².